The van der Waals surface area contributed by atoms with Crippen LogP contribution in [0.1, 0.15) is 32.1 Å². The van der Waals surface area contributed by atoms with Crippen molar-refractivity contribution in [3.63, 3.8) is 0 Å². The maximum absolute atomic E-state index is 9.63. The van der Waals surface area contributed by atoms with Crippen LogP contribution in [0.2, 0.25) is 0 Å². The van der Waals surface area contributed by atoms with Crippen molar-refractivity contribution in [2.45, 2.75) is 38.2 Å². The summed E-state index contributed by atoms with van der Waals surface area (Å²) < 4.78 is 0. The van der Waals surface area contributed by atoms with Gasteiger partial charge in [-0.3, -0.25) is 0 Å². The van der Waals surface area contributed by atoms with E-state index in [2.05, 4.69) is 5.32 Å². The van der Waals surface area contributed by atoms with Gasteiger partial charge in [0.15, 0.2) is 0 Å². The van der Waals surface area contributed by atoms with E-state index in [0.29, 0.717) is 13.1 Å². The number of hydrogen-bond acceptors (Lipinski definition) is 3. The Kier molecular flexibility index (Phi) is 5.35. The number of hydrogen-bond donors (Lipinski definition) is 3. The third-order valence-corrected chi connectivity index (χ3v) is 2.78. The zero-order chi connectivity index (χ0) is 9.52. The zero-order valence-electron chi connectivity index (χ0n) is 8.34. The van der Waals surface area contributed by atoms with Crippen molar-refractivity contribution in [1.29, 1.82) is 0 Å². The number of aliphatic hydroxyl groups is 1. The van der Waals surface area contributed by atoms with E-state index < -0.39 is 0 Å². The van der Waals surface area contributed by atoms with E-state index in [4.69, 9.17) is 5.73 Å². The molecule has 1 aliphatic carbocycles. The quantitative estimate of drug-likeness (QED) is 0.529. The highest BCUT2D eigenvalue weighted by molar-refractivity contribution is 4.72. The van der Waals surface area contributed by atoms with Gasteiger partial charge in [0.25, 0.3) is 0 Å². The Morgan fingerprint density at radius 3 is 2.69 bits per heavy atom. The van der Waals surface area contributed by atoms with Crippen LogP contribution in [0.15, 0.2) is 0 Å². The lowest BCUT2D eigenvalue weighted by Crippen LogP contribution is -2.31. The third-order valence-electron chi connectivity index (χ3n) is 2.78. The van der Waals surface area contributed by atoms with Gasteiger partial charge in [-0.05, 0) is 12.3 Å². The van der Waals surface area contributed by atoms with Crippen molar-refractivity contribution in [3.8, 4) is 0 Å². The maximum atomic E-state index is 9.63. The summed E-state index contributed by atoms with van der Waals surface area (Å²) in [6.07, 6.45) is 6.13. The van der Waals surface area contributed by atoms with Crippen LogP contribution in [0.3, 0.4) is 0 Å². The second-order valence-electron chi connectivity index (χ2n) is 4.03. The van der Waals surface area contributed by atoms with Crippen molar-refractivity contribution in [3.05, 3.63) is 0 Å². The van der Waals surface area contributed by atoms with Gasteiger partial charge in [-0.25, -0.2) is 0 Å². The molecular formula is C10H22N2O. The minimum absolute atomic E-state index is 0.172. The van der Waals surface area contributed by atoms with Crippen LogP contribution in [0.25, 0.3) is 0 Å². The molecular weight excluding hydrogens is 164 g/mol. The highest BCUT2D eigenvalue weighted by atomic mass is 16.3. The first-order chi connectivity index (χ1) is 6.33. The second-order valence-corrected chi connectivity index (χ2v) is 4.03. The molecule has 0 radical (unpaired) electrons. The molecule has 1 atom stereocenters. The summed E-state index contributed by atoms with van der Waals surface area (Å²) in [5, 5.41) is 12.8. The van der Waals surface area contributed by atoms with E-state index in [1.807, 2.05) is 0 Å². The molecule has 1 unspecified atom stereocenters. The molecule has 1 fully saturated rings. The van der Waals surface area contributed by atoms with Crippen molar-refractivity contribution < 1.29 is 5.11 Å². The van der Waals surface area contributed by atoms with Crippen LogP contribution in [-0.2, 0) is 0 Å². The van der Waals surface area contributed by atoms with Gasteiger partial charge < -0.3 is 16.2 Å². The number of nitrogens with one attached hydrogen (secondary N) is 1. The van der Waals surface area contributed by atoms with Crippen LogP contribution in [-0.4, -0.2) is 30.8 Å². The highest BCUT2D eigenvalue weighted by Gasteiger charge is 2.18. The predicted octanol–water partition coefficient (Wildman–Crippen LogP) is 0.476. The Bertz CT molecular complexity index is 124. The lowest BCUT2D eigenvalue weighted by atomic mass is 10.0. The molecule has 1 rings (SSSR count). The molecule has 0 saturated heterocycles. The Hall–Kier alpha value is -0.120. The summed E-state index contributed by atoms with van der Waals surface area (Å²) in [5.74, 6) is 0.773. The Balaban J connectivity index is 1.99. The first kappa shape index (κ1) is 11.0. The molecule has 0 spiro atoms. The van der Waals surface area contributed by atoms with Crippen molar-refractivity contribution in [2.75, 3.05) is 19.6 Å². The Labute approximate surface area is 80.7 Å². The molecule has 0 bridgehead atoms. The molecule has 0 aliphatic heterocycles. The minimum Gasteiger partial charge on any atom is -0.392 e. The largest absolute Gasteiger partial charge is 0.392 e. The van der Waals surface area contributed by atoms with Gasteiger partial charge in [0.1, 0.15) is 0 Å². The average Bonchev–Trinajstić information content (AvgIpc) is 2.57. The number of rotatable bonds is 6. The van der Waals surface area contributed by atoms with Crippen LogP contribution >= 0.6 is 0 Å². The molecule has 3 nitrogen and oxygen atoms in total. The van der Waals surface area contributed by atoms with Crippen LogP contribution in [0.5, 0.6) is 0 Å². The second kappa shape index (κ2) is 6.35. The topological polar surface area (TPSA) is 58.3 Å². The number of nitrogens with two attached hydrogens (primary N) is 1. The summed E-state index contributed by atoms with van der Waals surface area (Å²) in [7, 11) is 0. The Morgan fingerprint density at radius 1 is 1.38 bits per heavy atom. The molecule has 1 aliphatic rings. The van der Waals surface area contributed by atoms with Gasteiger partial charge in [0.2, 0.25) is 0 Å². The molecule has 0 aromatic rings. The SMILES string of the molecule is NCCNCC(O)CC1CCCC1. The lowest BCUT2D eigenvalue weighted by Gasteiger charge is -2.15. The van der Waals surface area contributed by atoms with Gasteiger partial charge in [0.05, 0.1) is 6.10 Å². The van der Waals surface area contributed by atoms with Gasteiger partial charge in [-0.15, -0.1) is 0 Å². The highest BCUT2D eigenvalue weighted by Crippen LogP contribution is 2.28. The van der Waals surface area contributed by atoms with E-state index in [1.54, 1.807) is 0 Å². The standard InChI is InChI=1S/C10H22N2O/c11-5-6-12-8-10(13)7-9-3-1-2-4-9/h9-10,12-13H,1-8,11H2. The van der Waals surface area contributed by atoms with E-state index >= 15 is 0 Å². The van der Waals surface area contributed by atoms with E-state index in [-0.39, 0.29) is 6.10 Å². The fourth-order valence-corrected chi connectivity index (χ4v) is 2.08. The fraction of sp³-hybridized carbons (Fsp3) is 1.00. The first-order valence-corrected chi connectivity index (χ1v) is 5.41. The summed E-state index contributed by atoms with van der Waals surface area (Å²) in [6.45, 7) is 2.16. The molecule has 13 heavy (non-hydrogen) atoms. The van der Waals surface area contributed by atoms with Gasteiger partial charge in [-0.1, -0.05) is 25.7 Å². The molecule has 0 aromatic heterocycles. The van der Waals surface area contributed by atoms with Gasteiger partial charge in [-0.2, -0.15) is 0 Å². The predicted molar refractivity (Wildman–Crippen MR) is 54.5 cm³/mol. The lowest BCUT2D eigenvalue weighted by molar-refractivity contribution is 0.141. The fourth-order valence-electron chi connectivity index (χ4n) is 2.08. The van der Waals surface area contributed by atoms with Crippen LogP contribution in [0.4, 0.5) is 0 Å². The van der Waals surface area contributed by atoms with E-state index in [9.17, 15) is 5.11 Å². The summed E-state index contributed by atoms with van der Waals surface area (Å²) in [4.78, 5) is 0. The van der Waals surface area contributed by atoms with Crippen molar-refractivity contribution in [1.82, 2.24) is 5.32 Å². The van der Waals surface area contributed by atoms with Gasteiger partial charge >= 0.3 is 0 Å². The average molecular weight is 186 g/mol. The summed E-state index contributed by atoms with van der Waals surface area (Å²) in [5.41, 5.74) is 5.33. The van der Waals surface area contributed by atoms with Crippen molar-refractivity contribution in [2.24, 2.45) is 11.7 Å². The number of aliphatic hydroxyl groups excluding tert-OH is 1. The molecule has 0 aromatic carbocycles. The van der Waals surface area contributed by atoms with Crippen LogP contribution < -0.4 is 11.1 Å². The zero-order valence-corrected chi connectivity index (χ0v) is 8.34. The smallest absolute Gasteiger partial charge is 0.0667 e. The monoisotopic (exact) mass is 186 g/mol. The van der Waals surface area contributed by atoms with Crippen molar-refractivity contribution >= 4 is 0 Å². The third kappa shape index (κ3) is 4.60. The van der Waals surface area contributed by atoms with Gasteiger partial charge in [0, 0.05) is 19.6 Å². The summed E-state index contributed by atoms with van der Waals surface area (Å²) in [6, 6.07) is 0. The first-order valence-electron chi connectivity index (χ1n) is 5.41. The van der Waals surface area contributed by atoms with Crippen LogP contribution in [0, 0.1) is 5.92 Å². The molecule has 4 N–H and O–H groups in total. The molecule has 0 heterocycles. The van der Waals surface area contributed by atoms with E-state index in [1.165, 1.54) is 25.7 Å². The minimum atomic E-state index is -0.172. The molecule has 0 amide bonds. The normalized spacial score (nSPS) is 20.8. The maximum Gasteiger partial charge on any atom is 0.0667 e. The molecule has 3 heteroatoms. The summed E-state index contributed by atoms with van der Waals surface area (Å²) >= 11 is 0. The van der Waals surface area contributed by atoms with E-state index in [0.717, 1.165) is 18.9 Å². The molecule has 78 valence electrons. The molecule has 1 saturated carbocycles. The Morgan fingerprint density at radius 2 is 2.08 bits per heavy atom.